The van der Waals surface area contributed by atoms with Crippen molar-refractivity contribution >= 4 is 23.3 Å². The largest absolute Gasteiger partial charge is 0.329 e. The first-order valence-electron chi connectivity index (χ1n) is 6.69. The number of carbonyl (C=O) groups excluding carboxylic acids is 1. The lowest BCUT2D eigenvalue weighted by atomic mass is 9.94. The van der Waals surface area contributed by atoms with Crippen LogP contribution in [0.1, 0.15) is 19.4 Å². The van der Waals surface area contributed by atoms with Crippen LogP contribution in [0.25, 0.3) is 0 Å². The second kappa shape index (κ2) is 6.50. The van der Waals surface area contributed by atoms with Gasteiger partial charge in [0.05, 0.1) is 11.2 Å². The van der Waals surface area contributed by atoms with Gasteiger partial charge in [-0.1, -0.05) is 23.7 Å². The van der Waals surface area contributed by atoms with E-state index in [0.29, 0.717) is 5.02 Å². The highest BCUT2D eigenvalue weighted by molar-refractivity contribution is 6.30. The fourth-order valence-electron chi connectivity index (χ4n) is 2.00. The van der Waals surface area contributed by atoms with Crippen LogP contribution in [0.5, 0.6) is 0 Å². The zero-order valence-electron chi connectivity index (χ0n) is 12.4. The molecule has 0 radical (unpaired) electrons. The standard InChI is InChI=1S/C16H14ClF3N2O/c1-16(2,9-3-5-10(17)6-4-9)22-15(23)21-12-8-7-11(18)13(19)14(12)20/h3-8H,1-2H3,(H2,21,22,23). The predicted molar refractivity (Wildman–Crippen MR) is 82.9 cm³/mol. The second-order valence-corrected chi connectivity index (χ2v) is 5.87. The first-order chi connectivity index (χ1) is 10.7. The SMILES string of the molecule is CC(C)(NC(=O)Nc1ccc(F)c(F)c1F)c1ccc(Cl)cc1. The van der Waals surface area contributed by atoms with E-state index in [1.807, 2.05) is 0 Å². The van der Waals surface area contributed by atoms with Gasteiger partial charge in [-0.05, 0) is 43.7 Å². The van der Waals surface area contributed by atoms with Crippen molar-refractivity contribution in [1.82, 2.24) is 5.32 Å². The molecule has 0 atom stereocenters. The third-order valence-electron chi connectivity index (χ3n) is 3.28. The lowest BCUT2D eigenvalue weighted by molar-refractivity contribution is 0.241. The number of urea groups is 1. The Balaban J connectivity index is 2.13. The summed E-state index contributed by atoms with van der Waals surface area (Å²) in [4.78, 5) is 12.0. The molecule has 0 fully saturated rings. The summed E-state index contributed by atoms with van der Waals surface area (Å²) in [7, 11) is 0. The van der Waals surface area contributed by atoms with Crippen LogP contribution in [0.15, 0.2) is 36.4 Å². The van der Waals surface area contributed by atoms with Gasteiger partial charge in [-0.3, -0.25) is 0 Å². The molecule has 0 heterocycles. The van der Waals surface area contributed by atoms with Gasteiger partial charge in [-0.15, -0.1) is 0 Å². The van der Waals surface area contributed by atoms with Crippen molar-refractivity contribution in [3.8, 4) is 0 Å². The minimum atomic E-state index is -1.64. The van der Waals surface area contributed by atoms with E-state index < -0.39 is 34.7 Å². The molecule has 23 heavy (non-hydrogen) atoms. The Bertz CT molecular complexity index is 733. The van der Waals surface area contributed by atoms with Crippen molar-refractivity contribution in [2.24, 2.45) is 0 Å². The molecular weight excluding hydrogens is 329 g/mol. The van der Waals surface area contributed by atoms with E-state index >= 15 is 0 Å². The quantitative estimate of drug-likeness (QED) is 0.772. The zero-order chi connectivity index (χ0) is 17.2. The van der Waals surface area contributed by atoms with E-state index in [4.69, 9.17) is 11.6 Å². The summed E-state index contributed by atoms with van der Waals surface area (Å²) in [6, 6.07) is 7.75. The number of hydrogen-bond donors (Lipinski definition) is 2. The molecule has 2 rings (SSSR count). The molecular formula is C16H14ClF3N2O. The molecule has 2 aromatic carbocycles. The molecule has 122 valence electrons. The van der Waals surface area contributed by atoms with Crippen LogP contribution in [0.3, 0.4) is 0 Å². The van der Waals surface area contributed by atoms with Gasteiger partial charge in [-0.25, -0.2) is 18.0 Å². The van der Waals surface area contributed by atoms with E-state index in [9.17, 15) is 18.0 Å². The third kappa shape index (κ3) is 3.96. The van der Waals surface area contributed by atoms with Crippen molar-refractivity contribution in [1.29, 1.82) is 0 Å². The Labute approximate surface area is 136 Å². The normalized spacial score (nSPS) is 11.2. The monoisotopic (exact) mass is 342 g/mol. The van der Waals surface area contributed by atoms with Crippen LogP contribution in [0, 0.1) is 17.5 Å². The minimum absolute atomic E-state index is 0.451. The van der Waals surface area contributed by atoms with Gasteiger partial charge in [-0.2, -0.15) is 0 Å². The summed E-state index contributed by atoms with van der Waals surface area (Å²) >= 11 is 5.81. The van der Waals surface area contributed by atoms with Crippen LogP contribution in [-0.2, 0) is 5.54 Å². The van der Waals surface area contributed by atoms with Gasteiger partial charge >= 0.3 is 6.03 Å². The first-order valence-corrected chi connectivity index (χ1v) is 7.07. The van der Waals surface area contributed by atoms with Crippen molar-refractivity contribution in [2.45, 2.75) is 19.4 Å². The Morgan fingerprint density at radius 2 is 1.61 bits per heavy atom. The molecule has 0 spiro atoms. The molecule has 0 aromatic heterocycles. The van der Waals surface area contributed by atoms with Crippen LogP contribution in [0.2, 0.25) is 5.02 Å². The fourth-order valence-corrected chi connectivity index (χ4v) is 2.12. The van der Waals surface area contributed by atoms with Crippen molar-refractivity contribution in [3.05, 3.63) is 64.4 Å². The number of rotatable bonds is 3. The van der Waals surface area contributed by atoms with E-state index in [0.717, 1.165) is 17.7 Å². The van der Waals surface area contributed by atoms with E-state index in [2.05, 4.69) is 10.6 Å². The predicted octanol–water partition coefficient (Wildman–Crippen LogP) is 4.81. The molecule has 2 amide bonds. The highest BCUT2D eigenvalue weighted by atomic mass is 35.5. The van der Waals surface area contributed by atoms with Crippen LogP contribution < -0.4 is 10.6 Å². The summed E-state index contributed by atoms with van der Waals surface area (Å²) in [5, 5.41) is 5.34. The molecule has 0 aliphatic rings. The Morgan fingerprint density at radius 1 is 1.00 bits per heavy atom. The second-order valence-electron chi connectivity index (χ2n) is 5.43. The number of carbonyl (C=O) groups is 1. The topological polar surface area (TPSA) is 41.1 Å². The van der Waals surface area contributed by atoms with E-state index in [1.165, 1.54) is 0 Å². The molecule has 0 bridgehead atoms. The molecule has 0 saturated carbocycles. The molecule has 2 aromatic rings. The number of hydrogen-bond acceptors (Lipinski definition) is 1. The Morgan fingerprint density at radius 3 is 2.22 bits per heavy atom. The summed E-state index contributed by atoms with van der Waals surface area (Å²) in [5.41, 5.74) is -0.472. The number of halogens is 4. The van der Waals surface area contributed by atoms with Gasteiger partial charge in [0, 0.05) is 5.02 Å². The highest BCUT2D eigenvalue weighted by Gasteiger charge is 2.24. The molecule has 7 heteroatoms. The van der Waals surface area contributed by atoms with E-state index in [-0.39, 0.29) is 0 Å². The Kier molecular flexibility index (Phi) is 4.85. The van der Waals surface area contributed by atoms with Crippen LogP contribution in [0.4, 0.5) is 23.7 Å². The van der Waals surface area contributed by atoms with Gasteiger partial charge in [0.2, 0.25) is 0 Å². The molecule has 0 saturated heterocycles. The van der Waals surface area contributed by atoms with Gasteiger partial charge in [0.1, 0.15) is 0 Å². The summed E-state index contributed by atoms with van der Waals surface area (Å²) < 4.78 is 39.6. The van der Waals surface area contributed by atoms with Gasteiger partial charge in [0.15, 0.2) is 17.5 Å². The maximum atomic E-state index is 13.6. The average Bonchev–Trinajstić information content (AvgIpc) is 2.48. The molecule has 0 aliphatic heterocycles. The molecule has 3 nitrogen and oxygen atoms in total. The summed E-state index contributed by atoms with van der Waals surface area (Å²) in [6.07, 6.45) is 0. The van der Waals surface area contributed by atoms with E-state index in [1.54, 1.807) is 38.1 Å². The number of amides is 2. The number of benzene rings is 2. The van der Waals surface area contributed by atoms with Gasteiger partial charge in [0.25, 0.3) is 0 Å². The number of nitrogens with one attached hydrogen (secondary N) is 2. The van der Waals surface area contributed by atoms with Crippen molar-refractivity contribution in [2.75, 3.05) is 5.32 Å². The van der Waals surface area contributed by atoms with Crippen LogP contribution >= 0.6 is 11.6 Å². The maximum absolute atomic E-state index is 13.6. The lowest BCUT2D eigenvalue weighted by Gasteiger charge is -2.27. The molecule has 0 unspecified atom stereocenters. The third-order valence-corrected chi connectivity index (χ3v) is 3.53. The summed E-state index contributed by atoms with van der Waals surface area (Å²) in [6.45, 7) is 3.47. The Hall–Kier alpha value is -2.21. The highest BCUT2D eigenvalue weighted by Crippen LogP contribution is 2.23. The smallest absolute Gasteiger partial charge is 0.320 e. The molecule has 2 N–H and O–H groups in total. The van der Waals surface area contributed by atoms with Crippen molar-refractivity contribution < 1.29 is 18.0 Å². The fraction of sp³-hybridized carbons (Fsp3) is 0.188. The van der Waals surface area contributed by atoms with Gasteiger partial charge < -0.3 is 10.6 Å². The first kappa shape index (κ1) is 17.1. The summed E-state index contributed by atoms with van der Waals surface area (Å²) in [5.74, 6) is -4.42. The average molecular weight is 343 g/mol. The molecule has 0 aliphatic carbocycles. The maximum Gasteiger partial charge on any atom is 0.320 e. The minimum Gasteiger partial charge on any atom is -0.329 e. The lowest BCUT2D eigenvalue weighted by Crippen LogP contribution is -2.43. The van der Waals surface area contributed by atoms with Crippen molar-refractivity contribution in [3.63, 3.8) is 0 Å². The number of anilines is 1. The van der Waals surface area contributed by atoms with Crippen LogP contribution in [-0.4, -0.2) is 6.03 Å². The zero-order valence-corrected chi connectivity index (χ0v) is 13.1.